The average molecular weight is 237 g/mol. The fourth-order valence-electron chi connectivity index (χ4n) is 1.35. The van der Waals surface area contributed by atoms with Gasteiger partial charge in [-0.15, -0.1) is 0 Å². The first-order valence-corrected chi connectivity index (χ1v) is 5.63. The molecule has 1 aromatic heterocycles. The molecule has 1 aromatic rings. The van der Waals surface area contributed by atoms with E-state index in [9.17, 15) is 4.79 Å². The topological polar surface area (TPSA) is 65.5 Å². The van der Waals surface area contributed by atoms with Crippen molar-refractivity contribution in [2.45, 2.75) is 19.4 Å². The summed E-state index contributed by atoms with van der Waals surface area (Å²) in [6.07, 6.45) is 2.35. The van der Waals surface area contributed by atoms with Crippen LogP contribution in [0.3, 0.4) is 0 Å². The minimum Gasteiger partial charge on any atom is -0.394 e. The van der Waals surface area contributed by atoms with E-state index >= 15 is 0 Å². The smallest absolute Gasteiger partial charge is 0.254 e. The standard InChI is InChI=1S/C12H19N3O2/c1-4-10(8-16)14-11-6-5-9(7-13-11)12(17)15(2)3/h5-7,10,16H,4,8H2,1-3H3,(H,13,14). The Hall–Kier alpha value is -1.62. The first-order valence-electron chi connectivity index (χ1n) is 5.63. The van der Waals surface area contributed by atoms with Gasteiger partial charge >= 0.3 is 0 Å². The van der Waals surface area contributed by atoms with E-state index in [1.165, 1.54) is 11.1 Å². The first-order chi connectivity index (χ1) is 8.08. The SMILES string of the molecule is CCC(CO)Nc1ccc(C(=O)N(C)C)cn1. The second-order valence-corrected chi connectivity index (χ2v) is 4.06. The quantitative estimate of drug-likeness (QED) is 0.800. The number of hydrogen-bond donors (Lipinski definition) is 2. The first kappa shape index (κ1) is 13.4. The zero-order chi connectivity index (χ0) is 12.8. The van der Waals surface area contributed by atoms with Crippen molar-refractivity contribution >= 4 is 11.7 Å². The molecule has 0 spiro atoms. The molecule has 0 aromatic carbocycles. The van der Waals surface area contributed by atoms with E-state index in [1.54, 1.807) is 26.2 Å². The minimum atomic E-state index is -0.0711. The van der Waals surface area contributed by atoms with Crippen LogP contribution in [-0.2, 0) is 0 Å². The molecule has 1 unspecified atom stereocenters. The molecule has 0 bridgehead atoms. The van der Waals surface area contributed by atoms with E-state index in [1.807, 2.05) is 6.92 Å². The van der Waals surface area contributed by atoms with E-state index in [-0.39, 0.29) is 18.6 Å². The molecule has 94 valence electrons. The van der Waals surface area contributed by atoms with Crippen LogP contribution in [0.1, 0.15) is 23.7 Å². The van der Waals surface area contributed by atoms with Crippen LogP contribution in [-0.4, -0.2) is 47.6 Å². The van der Waals surface area contributed by atoms with E-state index in [4.69, 9.17) is 5.11 Å². The van der Waals surface area contributed by atoms with Crippen LogP contribution in [0.15, 0.2) is 18.3 Å². The summed E-state index contributed by atoms with van der Waals surface area (Å²) in [7, 11) is 3.40. The van der Waals surface area contributed by atoms with Crippen LogP contribution in [0, 0.1) is 0 Å². The van der Waals surface area contributed by atoms with Gasteiger partial charge in [0.2, 0.25) is 0 Å². The van der Waals surface area contributed by atoms with E-state index in [0.29, 0.717) is 11.4 Å². The van der Waals surface area contributed by atoms with Crippen molar-refractivity contribution in [1.82, 2.24) is 9.88 Å². The summed E-state index contributed by atoms with van der Waals surface area (Å²) < 4.78 is 0. The third kappa shape index (κ3) is 3.71. The molecule has 1 amide bonds. The minimum absolute atomic E-state index is 0.00194. The van der Waals surface area contributed by atoms with Crippen molar-refractivity contribution in [2.75, 3.05) is 26.0 Å². The van der Waals surface area contributed by atoms with Gasteiger partial charge in [-0.3, -0.25) is 4.79 Å². The Morgan fingerprint density at radius 2 is 2.24 bits per heavy atom. The molecule has 1 rings (SSSR count). The highest BCUT2D eigenvalue weighted by molar-refractivity contribution is 5.93. The number of aromatic nitrogens is 1. The summed E-state index contributed by atoms with van der Waals surface area (Å²) >= 11 is 0. The lowest BCUT2D eigenvalue weighted by atomic mass is 10.2. The zero-order valence-corrected chi connectivity index (χ0v) is 10.5. The summed E-state index contributed by atoms with van der Waals surface area (Å²) in [5.41, 5.74) is 0.553. The van der Waals surface area contributed by atoms with Crippen LogP contribution in [0.2, 0.25) is 0 Å². The van der Waals surface area contributed by atoms with Gasteiger partial charge in [-0.05, 0) is 18.6 Å². The summed E-state index contributed by atoms with van der Waals surface area (Å²) in [4.78, 5) is 17.3. The Bertz CT molecular complexity index is 359. The van der Waals surface area contributed by atoms with Gasteiger partial charge < -0.3 is 15.3 Å². The number of carbonyl (C=O) groups is 1. The van der Waals surface area contributed by atoms with E-state index in [0.717, 1.165) is 6.42 Å². The van der Waals surface area contributed by atoms with Crippen molar-refractivity contribution in [3.63, 3.8) is 0 Å². The van der Waals surface area contributed by atoms with Crippen molar-refractivity contribution in [2.24, 2.45) is 0 Å². The maximum Gasteiger partial charge on any atom is 0.254 e. The molecular formula is C12H19N3O2. The zero-order valence-electron chi connectivity index (χ0n) is 10.5. The third-order valence-electron chi connectivity index (χ3n) is 2.48. The molecule has 0 saturated carbocycles. The molecule has 1 heterocycles. The number of pyridine rings is 1. The molecule has 5 nitrogen and oxygen atoms in total. The van der Waals surface area contributed by atoms with Crippen LogP contribution in [0.4, 0.5) is 5.82 Å². The van der Waals surface area contributed by atoms with Crippen molar-refractivity contribution in [3.8, 4) is 0 Å². The van der Waals surface area contributed by atoms with Gasteiger partial charge in [-0.25, -0.2) is 4.98 Å². The van der Waals surface area contributed by atoms with Crippen LogP contribution in [0.5, 0.6) is 0 Å². The molecular weight excluding hydrogens is 218 g/mol. The monoisotopic (exact) mass is 237 g/mol. The average Bonchev–Trinajstić information content (AvgIpc) is 2.35. The van der Waals surface area contributed by atoms with Gasteiger partial charge in [0.15, 0.2) is 0 Å². The van der Waals surface area contributed by atoms with Crippen molar-refractivity contribution in [1.29, 1.82) is 0 Å². The number of anilines is 1. The Morgan fingerprint density at radius 1 is 1.53 bits per heavy atom. The molecule has 0 saturated heterocycles. The molecule has 0 aliphatic heterocycles. The molecule has 0 aliphatic rings. The normalized spacial score (nSPS) is 12.0. The molecule has 17 heavy (non-hydrogen) atoms. The number of amides is 1. The van der Waals surface area contributed by atoms with Gasteiger partial charge in [0.25, 0.3) is 5.91 Å². The number of aliphatic hydroxyl groups excluding tert-OH is 1. The predicted octanol–water partition coefficient (Wildman–Crippen LogP) is 0.966. The fourth-order valence-corrected chi connectivity index (χ4v) is 1.35. The van der Waals surface area contributed by atoms with Crippen LogP contribution in [0.25, 0.3) is 0 Å². The highest BCUT2D eigenvalue weighted by Crippen LogP contribution is 2.09. The number of carbonyl (C=O) groups excluding carboxylic acids is 1. The second kappa shape index (κ2) is 6.20. The lowest BCUT2D eigenvalue weighted by Crippen LogP contribution is -2.24. The third-order valence-corrected chi connectivity index (χ3v) is 2.48. The second-order valence-electron chi connectivity index (χ2n) is 4.06. The number of rotatable bonds is 5. The van der Waals surface area contributed by atoms with E-state index in [2.05, 4.69) is 10.3 Å². The van der Waals surface area contributed by atoms with Gasteiger partial charge in [-0.2, -0.15) is 0 Å². The Kier molecular flexibility index (Phi) is 4.90. The number of nitrogens with zero attached hydrogens (tertiary/aromatic N) is 2. The molecule has 1 atom stereocenters. The lowest BCUT2D eigenvalue weighted by Gasteiger charge is -2.15. The van der Waals surface area contributed by atoms with Gasteiger partial charge in [0.05, 0.1) is 18.2 Å². The molecule has 0 aliphatic carbocycles. The lowest BCUT2D eigenvalue weighted by molar-refractivity contribution is 0.0827. The number of hydrogen-bond acceptors (Lipinski definition) is 4. The van der Waals surface area contributed by atoms with E-state index < -0.39 is 0 Å². The van der Waals surface area contributed by atoms with Crippen LogP contribution >= 0.6 is 0 Å². The predicted molar refractivity (Wildman–Crippen MR) is 67.0 cm³/mol. The van der Waals surface area contributed by atoms with Gasteiger partial charge in [0.1, 0.15) is 5.82 Å². The molecule has 2 N–H and O–H groups in total. The summed E-state index contributed by atoms with van der Waals surface area (Å²) in [5, 5.41) is 12.1. The Balaban J connectivity index is 2.71. The highest BCUT2D eigenvalue weighted by atomic mass is 16.3. The molecule has 0 radical (unpaired) electrons. The highest BCUT2D eigenvalue weighted by Gasteiger charge is 2.09. The maximum absolute atomic E-state index is 11.6. The molecule has 0 fully saturated rings. The number of nitrogens with one attached hydrogen (secondary N) is 1. The van der Waals surface area contributed by atoms with Crippen LogP contribution < -0.4 is 5.32 Å². The summed E-state index contributed by atoms with van der Waals surface area (Å²) in [6.45, 7) is 2.05. The Morgan fingerprint density at radius 3 is 2.65 bits per heavy atom. The van der Waals surface area contributed by atoms with Crippen molar-refractivity contribution in [3.05, 3.63) is 23.9 Å². The Labute approximate surface area is 101 Å². The largest absolute Gasteiger partial charge is 0.394 e. The van der Waals surface area contributed by atoms with Gasteiger partial charge in [0, 0.05) is 20.3 Å². The fraction of sp³-hybridized carbons (Fsp3) is 0.500. The van der Waals surface area contributed by atoms with Gasteiger partial charge in [-0.1, -0.05) is 6.92 Å². The molecule has 5 heteroatoms. The van der Waals surface area contributed by atoms with Crippen molar-refractivity contribution < 1.29 is 9.90 Å². The number of aliphatic hydroxyl groups is 1. The summed E-state index contributed by atoms with van der Waals surface area (Å²) in [5.74, 6) is 0.597. The summed E-state index contributed by atoms with van der Waals surface area (Å²) in [6, 6.07) is 3.47. The maximum atomic E-state index is 11.6.